The van der Waals surface area contributed by atoms with Crippen molar-refractivity contribution in [1.82, 2.24) is 5.06 Å². The van der Waals surface area contributed by atoms with Crippen molar-refractivity contribution in [3.63, 3.8) is 0 Å². The molecule has 5 nitrogen and oxygen atoms in total. The van der Waals surface area contributed by atoms with E-state index in [1.165, 1.54) is 24.3 Å². The second-order valence-electron chi connectivity index (χ2n) is 6.24. The number of amides is 2. The molecule has 0 bridgehead atoms. The number of benzene rings is 2. The van der Waals surface area contributed by atoms with Crippen molar-refractivity contribution in [1.29, 1.82) is 0 Å². The molecule has 25 heavy (non-hydrogen) atoms. The summed E-state index contributed by atoms with van der Waals surface area (Å²) in [4.78, 5) is 42.6. The largest absolute Gasteiger partial charge is 0.343 e. The van der Waals surface area contributed by atoms with E-state index >= 15 is 0 Å². The molecule has 126 valence electrons. The smallest absolute Gasteiger partial charge is 0.329 e. The fourth-order valence-electron chi connectivity index (χ4n) is 3.38. The molecule has 2 amide bonds. The molecule has 0 aromatic heterocycles. The number of imide groups is 1. The number of carbonyl (C=O) groups is 3. The van der Waals surface area contributed by atoms with Gasteiger partial charge in [0.1, 0.15) is 5.82 Å². The van der Waals surface area contributed by atoms with Gasteiger partial charge in [0.05, 0.1) is 16.5 Å². The maximum absolute atomic E-state index is 14.2. The van der Waals surface area contributed by atoms with Gasteiger partial charge in [0, 0.05) is 5.56 Å². The van der Waals surface area contributed by atoms with Crippen LogP contribution in [-0.2, 0) is 15.0 Å². The Balaban J connectivity index is 1.64. The number of rotatable bonds is 3. The van der Waals surface area contributed by atoms with Gasteiger partial charge in [-0.1, -0.05) is 41.8 Å². The van der Waals surface area contributed by atoms with Crippen LogP contribution in [0.15, 0.2) is 48.5 Å². The predicted octanol–water partition coefficient (Wildman–Crippen LogP) is 3.00. The summed E-state index contributed by atoms with van der Waals surface area (Å²) in [6.45, 7) is 0. The Morgan fingerprint density at radius 3 is 2.04 bits per heavy atom. The molecule has 0 spiro atoms. The Morgan fingerprint density at radius 1 is 0.960 bits per heavy atom. The van der Waals surface area contributed by atoms with Crippen LogP contribution in [0.4, 0.5) is 4.39 Å². The van der Waals surface area contributed by atoms with Crippen LogP contribution in [0.5, 0.6) is 0 Å². The maximum atomic E-state index is 14.2. The molecule has 2 aliphatic rings. The molecule has 1 heterocycles. The van der Waals surface area contributed by atoms with Crippen LogP contribution in [0, 0.1) is 5.82 Å². The molecule has 0 N–H and O–H groups in total. The van der Waals surface area contributed by atoms with Gasteiger partial charge in [0.25, 0.3) is 11.8 Å². The number of carbonyl (C=O) groups excluding carboxylic acids is 3. The summed E-state index contributed by atoms with van der Waals surface area (Å²) in [5.74, 6) is -2.64. The van der Waals surface area contributed by atoms with Crippen molar-refractivity contribution in [3.05, 3.63) is 71.0 Å². The molecule has 1 saturated carbocycles. The van der Waals surface area contributed by atoms with Gasteiger partial charge >= 0.3 is 5.97 Å². The van der Waals surface area contributed by atoms with Gasteiger partial charge in [-0.15, -0.1) is 0 Å². The highest BCUT2D eigenvalue weighted by atomic mass is 19.1. The number of nitrogens with zero attached hydrogens (tertiary/aromatic N) is 1. The lowest BCUT2D eigenvalue weighted by molar-refractivity contribution is -0.179. The average Bonchev–Trinajstić information content (AvgIpc) is 2.81. The normalized spacial score (nSPS) is 17.9. The third kappa shape index (κ3) is 2.17. The number of hydrogen-bond acceptors (Lipinski definition) is 4. The summed E-state index contributed by atoms with van der Waals surface area (Å²) in [5.41, 5.74) is -0.536. The molecule has 1 fully saturated rings. The second-order valence-corrected chi connectivity index (χ2v) is 6.24. The van der Waals surface area contributed by atoms with E-state index in [-0.39, 0.29) is 16.7 Å². The van der Waals surface area contributed by atoms with Crippen LogP contribution >= 0.6 is 0 Å². The van der Waals surface area contributed by atoms with Gasteiger partial charge in [-0.05, 0) is 31.0 Å². The summed E-state index contributed by atoms with van der Waals surface area (Å²) in [5, 5.41) is 0.480. The molecule has 0 atom stereocenters. The highest BCUT2D eigenvalue weighted by Gasteiger charge is 2.51. The SMILES string of the molecule is O=C1c2ccccc2C(=O)N1OC(=O)C1(c2ccccc2F)CCC1. The summed E-state index contributed by atoms with van der Waals surface area (Å²) in [6.07, 6.45) is 1.57. The first kappa shape index (κ1) is 15.5. The molecular formula is C19H14FNO4. The van der Waals surface area contributed by atoms with Gasteiger partial charge in [0.15, 0.2) is 0 Å². The lowest BCUT2D eigenvalue weighted by atomic mass is 9.64. The first-order valence-corrected chi connectivity index (χ1v) is 8.00. The minimum atomic E-state index is -1.15. The van der Waals surface area contributed by atoms with E-state index < -0.39 is 29.0 Å². The number of fused-ring (bicyclic) bond motifs is 1. The van der Waals surface area contributed by atoms with Gasteiger partial charge in [-0.2, -0.15) is 0 Å². The second kappa shape index (κ2) is 5.51. The lowest BCUT2D eigenvalue weighted by Gasteiger charge is -2.39. The molecule has 0 saturated heterocycles. The van der Waals surface area contributed by atoms with Crippen LogP contribution in [0.3, 0.4) is 0 Å². The van der Waals surface area contributed by atoms with E-state index in [9.17, 15) is 18.8 Å². The predicted molar refractivity (Wildman–Crippen MR) is 85.0 cm³/mol. The highest BCUT2D eigenvalue weighted by Crippen LogP contribution is 2.46. The Hall–Kier alpha value is -3.02. The number of hydroxylamine groups is 2. The topological polar surface area (TPSA) is 63.7 Å². The lowest BCUT2D eigenvalue weighted by Crippen LogP contribution is -2.48. The van der Waals surface area contributed by atoms with E-state index in [0.717, 1.165) is 6.42 Å². The van der Waals surface area contributed by atoms with Crippen LogP contribution in [0.1, 0.15) is 45.5 Å². The average molecular weight is 339 g/mol. The van der Waals surface area contributed by atoms with Crippen molar-refractivity contribution >= 4 is 17.8 Å². The molecule has 0 unspecified atom stereocenters. The monoisotopic (exact) mass is 339 g/mol. The van der Waals surface area contributed by atoms with Crippen LogP contribution < -0.4 is 0 Å². The van der Waals surface area contributed by atoms with E-state index in [1.807, 2.05) is 0 Å². The van der Waals surface area contributed by atoms with E-state index in [1.54, 1.807) is 24.3 Å². The zero-order valence-electron chi connectivity index (χ0n) is 13.2. The molecule has 4 rings (SSSR count). The molecule has 2 aromatic rings. The number of hydrogen-bond donors (Lipinski definition) is 0. The summed E-state index contributed by atoms with van der Waals surface area (Å²) < 4.78 is 14.2. The van der Waals surface area contributed by atoms with Crippen LogP contribution in [0.2, 0.25) is 0 Å². The van der Waals surface area contributed by atoms with Gasteiger partial charge in [-0.3, -0.25) is 9.59 Å². The van der Waals surface area contributed by atoms with Crippen molar-refractivity contribution in [2.75, 3.05) is 0 Å². The summed E-state index contributed by atoms with van der Waals surface area (Å²) in [7, 11) is 0. The van der Waals surface area contributed by atoms with Crippen LogP contribution in [0.25, 0.3) is 0 Å². The fraction of sp³-hybridized carbons (Fsp3) is 0.211. The van der Waals surface area contributed by atoms with Crippen molar-refractivity contribution in [2.45, 2.75) is 24.7 Å². The molecule has 0 radical (unpaired) electrons. The molecule has 1 aliphatic heterocycles. The minimum Gasteiger partial charge on any atom is -0.329 e. The van der Waals surface area contributed by atoms with E-state index in [2.05, 4.69) is 0 Å². The van der Waals surface area contributed by atoms with Gasteiger partial charge in [0.2, 0.25) is 0 Å². The maximum Gasteiger partial charge on any atom is 0.343 e. The Kier molecular flexibility index (Phi) is 3.42. The van der Waals surface area contributed by atoms with Crippen molar-refractivity contribution in [3.8, 4) is 0 Å². The third-order valence-corrected chi connectivity index (χ3v) is 4.92. The number of halogens is 1. The van der Waals surface area contributed by atoms with Gasteiger partial charge in [-0.25, -0.2) is 9.18 Å². The molecular weight excluding hydrogens is 325 g/mol. The quantitative estimate of drug-likeness (QED) is 0.807. The third-order valence-electron chi connectivity index (χ3n) is 4.92. The molecule has 2 aromatic carbocycles. The Labute approximate surface area is 143 Å². The van der Waals surface area contributed by atoms with Crippen LogP contribution in [-0.4, -0.2) is 22.8 Å². The zero-order chi connectivity index (χ0) is 17.6. The van der Waals surface area contributed by atoms with Gasteiger partial charge < -0.3 is 4.84 Å². The standard InChI is InChI=1S/C19H14FNO4/c20-15-9-4-3-8-14(15)19(10-5-11-19)18(24)25-21-16(22)12-6-1-2-7-13(12)17(21)23/h1-4,6-9H,5,10-11H2. The summed E-state index contributed by atoms with van der Waals surface area (Å²) in [6, 6.07) is 12.3. The molecule has 6 heteroatoms. The Bertz CT molecular complexity index is 869. The Morgan fingerprint density at radius 2 is 1.52 bits per heavy atom. The summed E-state index contributed by atoms with van der Waals surface area (Å²) >= 11 is 0. The first-order chi connectivity index (χ1) is 12.0. The minimum absolute atomic E-state index is 0.189. The van der Waals surface area contributed by atoms with E-state index in [0.29, 0.717) is 17.9 Å². The zero-order valence-corrected chi connectivity index (χ0v) is 13.2. The van der Waals surface area contributed by atoms with Crippen molar-refractivity contribution in [2.24, 2.45) is 0 Å². The fourth-order valence-corrected chi connectivity index (χ4v) is 3.38. The highest BCUT2D eigenvalue weighted by molar-refractivity contribution is 6.21. The van der Waals surface area contributed by atoms with Crippen molar-refractivity contribution < 1.29 is 23.6 Å². The molecule has 1 aliphatic carbocycles. The van der Waals surface area contributed by atoms with E-state index in [4.69, 9.17) is 4.84 Å². The first-order valence-electron chi connectivity index (χ1n) is 8.00.